The fraction of sp³-hybridized carbons (Fsp3) is 0.208. The standard InChI is InChI=1S/C24H24N2O/c1-18-13-15-21(16-14-18)25-24(27)23(20-9-3-2-4-10-20)26-17-7-11-19-8-5-6-12-22(19)26/h2-6,8-10,12-16,23H,7,11,17H2,1H3,(H,25,27)/t23-/m0/s1. The third kappa shape index (κ3) is 3.72. The van der Waals surface area contributed by atoms with E-state index in [-0.39, 0.29) is 11.9 Å². The Morgan fingerprint density at radius 3 is 2.41 bits per heavy atom. The molecule has 0 bridgehead atoms. The molecule has 1 heterocycles. The Labute approximate surface area is 160 Å². The van der Waals surface area contributed by atoms with Gasteiger partial charge in [0.1, 0.15) is 6.04 Å². The molecule has 1 aliphatic rings. The van der Waals surface area contributed by atoms with E-state index in [9.17, 15) is 4.79 Å². The number of nitrogens with one attached hydrogen (secondary N) is 1. The molecule has 0 aromatic heterocycles. The Morgan fingerprint density at radius 2 is 1.63 bits per heavy atom. The Morgan fingerprint density at radius 1 is 0.926 bits per heavy atom. The van der Waals surface area contributed by atoms with Crippen LogP contribution in [0.5, 0.6) is 0 Å². The fourth-order valence-corrected chi connectivity index (χ4v) is 3.79. The lowest BCUT2D eigenvalue weighted by Crippen LogP contribution is -2.40. The zero-order valence-corrected chi connectivity index (χ0v) is 15.6. The predicted octanol–water partition coefficient (Wildman–Crippen LogP) is 5.13. The van der Waals surface area contributed by atoms with Crippen LogP contribution in [-0.2, 0) is 11.2 Å². The average molecular weight is 356 g/mol. The maximum absolute atomic E-state index is 13.4. The van der Waals surface area contributed by atoms with Gasteiger partial charge in [0.25, 0.3) is 5.91 Å². The SMILES string of the molecule is Cc1ccc(NC(=O)[C@H](c2ccccc2)N2CCCc3ccccc32)cc1. The van der Waals surface area contributed by atoms with Crippen LogP contribution in [0.1, 0.15) is 29.2 Å². The highest BCUT2D eigenvalue weighted by atomic mass is 16.2. The molecule has 1 amide bonds. The van der Waals surface area contributed by atoms with Gasteiger partial charge >= 0.3 is 0 Å². The first-order valence-corrected chi connectivity index (χ1v) is 9.49. The third-order valence-corrected chi connectivity index (χ3v) is 5.14. The van der Waals surface area contributed by atoms with Crippen LogP contribution < -0.4 is 10.2 Å². The molecule has 0 fully saturated rings. The second kappa shape index (κ2) is 7.67. The highest BCUT2D eigenvalue weighted by Crippen LogP contribution is 2.34. The summed E-state index contributed by atoms with van der Waals surface area (Å²) in [6, 6.07) is 26.1. The van der Waals surface area contributed by atoms with Crippen LogP contribution >= 0.6 is 0 Å². The normalized spacial score (nSPS) is 14.3. The van der Waals surface area contributed by atoms with Crippen molar-refractivity contribution in [3.63, 3.8) is 0 Å². The van der Waals surface area contributed by atoms with Crippen LogP contribution in [0.4, 0.5) is 11.4 Å². The lowest BCUT2D eigenvalue weighted by atomic mass is 9.96. The molecular weight excluding hydrogens is 332 g/mol. The van der Waals surface area contributed by atoms with Crippen molar-refractivity contribution in [3.8, 4) is 0 Å². The summed E-state index contributed by atoms with van der Waals surface area (Å²) in [6.45, 7) is 2.92. The van der Waals surface area contributed by atoms with Crippen molar-refractivity contribution < 1.29 is 4.79 Å². The van der Waals surface area contributed by atoms with E-state index in [0.717, 1.165) is 36.3 Å². The second-order valence-electron chi connectivity index (χ2n) is 7.09. The molecule has 0 spiro atoms. The number of aryl methyl sites for hydroxylation is 2. The maximum atomic E-state index is 13.4. The Kier molecular flexibility index (Phi) is 4.93. The number of anilines is 2. The van der Waals surface area contributed by atoms with E-state index >= 15 is 0 Å². The van der Waals surface area contributed by atoms with E-state index in [1.165, 1.54) is 11.1 Å². The van der Waals surface area contributed by atoms with Gasteiger partial charge in [0.15, 0.2) is 0 Å². The molecule has 3 heteroatoms. The first-order valence-electron chi connectivity index (χ1n) is 9.49. The molecule has 1 N–H and O–H groups in total. The average Bonchev–Trinajstić information content (AvgIpc) is 2.71. The zero-order chi connectivity index (χ0) is 18.6. The number of hydrogen-bond donors (Lipinski definition) is 1. The minimum Gasteiger partial charge on any atom is -0.356 e. The van der Waals surface area contributed by atoms with Crippen LogP contribution in [0.25, 0.3) is 0 Å². The molecule has 0 saturated heterocycles. The molecule has 27 heavy (non-hydrogen) atoms. The molecule has 3 aromatic rings. The lowest BCUT2D eigenvalue weighted by molar-refractivity contribution is -0.117. The first-order chi connectivity index (χ1) is 13.2. The van der Waals surface area contributed by atoms with Crippen LogP contribution in [0.2, 0.25) is 0 Å². The van der Waals surface area contributed by atoms with Crippen molar-refractivity contribution in [3.05, 3.63) is 95.6 Å². The molecule has 3 nitrogen and oxygen atoms in total. The predicted molar refractivity (Wildman–Crippen MR) is 111 cm³/mol. The highest BCUT2D eigenvalue weighted by Gasteiger charge is 2.30. The summed E-state index contributed by atoms with van der Waals surface area (Å²) in [5.41, 5.74) is 5.50. The molecule has 0 unspecified atom stereocenters. The van der Waals surface area contributed by atoms with Gasteiger partial charge in [-0.25, -0.2) is 0 Å². The van der Waals surface area contributed by atoms with Gasteiger partial charge in [-0.2, -0.15) is 0 Å². The number of hydrogen-bond acceptors (Lipinski definition) is 2. The number of para-hydroxylation sites is 1. The lowest BCUT2D eigenvalue weighted by Gasteiger charge is -2.37. The quantitative estimate of drug-likeness (QED) is 0.703. The molecule has 136 valence electrons. The number of rotatable bonds is 4. The molecule has 0 saturated carbocycles. The number of amides is 1. The Bertz CT molecular complexity index is 919. The summed E-state index contributed by atoms with van der Waals surface area (Å²) in [6.07, 6.45) is 2.12. The van der Waals surface area contributed by atoms with Crippen molar-refractivity contribution in [2.75, 3.05) is 16.8 Å². The molecule has 3 aromatic carbocycles. The van der Waals surface area contributed by atoms with Crippen molar-refractivity contribution in [2.24, 2.45) is 0 Å². The van der Waals surface area contributed by atoms with Crippen LogP contribution in [-0.4, -0.2) is 12.5 Å². The monoisotopic (exact) mass is 356 g/mol. The largest absolute Gasteiger partial charge is 0.356 e. The van der Waals surface area contributed by atoms with E-state index in [4.69, 9.17) is 0 Å². The molecule has 0 radical (unpaired) electrons. The zero-order valence-electron chi connectivity index (χ0n) is 15.6. The Hall–Kier alpha value is -3.07. The second-order valence-corrected chi connectivity index (χ2v) is 7.09. The summed E-state index contributed by atoms with van der Waals surface area (Å²) in [5.74, 6) is 0.00163. The van der Waals surface area contributed by atoms with E-state index < -0.39 is 0 Å². The van der Waals surface area contributed by atoms with E-state index in [1.54, 1.807) is 0 Å². The topological polar surface area (TPSA) is 32.3 Å². The number of fused-ring (bicyclic) bond motifs is 1. The van der Waals surface area contributed by atoms with Gasteiger partial charge in [0.2, 0.25) is 0 Å². The van der Waals surface area contributed by atoms with Crippen molar-refractivity contribution in [1.82, 2.24) is 0 Å². The molecule has 0 aliphatic carbocycles. The van der Waals surface area contributed by atoms with E-state index in [2.05, 4.69) is 34.5 Å². The van der Waals surface area contributed by atoms with Gasteiger partial charge in [0.05, 0.1) is 0 Å². The van der Waals surface area contributed by atoms with Crippen LogP contribution in [0.15, 0.2) is 78.9 Å². The highest BCUT2D eigenvalue weighted by molar-refractivity contribution is 5.98. The summed E-state index contributed by atoms with van der Waals surface area (Å²) < 4.78 is 0. The minimum absolute atomic E-state index is 0.00163. The van der Waals surface area contributed by atoms with Gasteiger partial charge in [-0.05, 0) is 49.1 Å². The third-order valence-electron chi connectivity index (χ3n) is 5.14. The van der Waals surface area contributed by atoms with Gasteiger partial charge < -0.3 is 10.2 Å². The number of carbonyl (C=O) groups excluding carboxylic acids is 1. The number of nitrogens with zero attached hydrogens (tertiary/aromatic N) is 1. The van der Waals surface area contributed by atoms with Crippen molar-refractivity contribution in [1.29, 1.82) is 0 Å². The van der Waals surface area contributed by atoms with Gasteiger partial charge in [-0.1, -0.05) is 66.2 Å². The molecule has 1 atom stereocenters. The maximum Gasteiger partial charge on any atom is 0.251 e. The van der Waals surface area contributed by atoms with E-state index in [0.29, 0.717) is 0 Å². The van der Waals surface area contributed by atoms with E-state index in [1.807, 2.05) is 61.5 Å². The number of benzene rings is 3. The van der Waals surface area contributed by atoms with Crippen LogP contribution in [0.3, 0.4) is 0 Å². The van der Waals surface area contributed by atoms with Crippen LogP contribution in [0, 0.1) is 6.92 Å². The summed E-state index contributed by atoms with van der Waals surface area (Å²) in [7, 11) is 0. The Balaban J connectivity index is 1.70. The molecule has 4 rings (SSSR count). The van der Waals surface area contributed by atoms with Gasteiger partial charge in [-0.15, -0.1) is 0 Å². The smallest absolute Gasteiger partial charge is 0.251 e. The fourth-order valence-electron chi connectivity index (χ4n) is 3.79. The first kappa shape index (κ1) is 17.3. The van der Waals surface area contributed by atoms with Gasteiger partial charge in [0, 0.05) is 17.9 Å². The minimum atomic E-state index is -0.353. The summed E-state index contributed by atoms with van der Waals surface area (Å²) in [4.78, 5) is 15.6. The van der Waals surface area contributed by atoms with Crippen molar-refractivity contribution in [2.45, 2.75) is 25.8 Å². The molecular formula is C24H24N2O. The summed E-state index contributed by atoms with van der Waals surface area (Å²) >= 11 is 0. The van der Waals surface area contributed by atoms with Crippen molar-refractivity contribution >= 4 is 17.3 Å². The van der Waals surface area contributed by atoms with Gasteiger partial charge in [-0.3, -0.25) is 4.79 Å². The molecule has 1 aliphatic heterocycles. The summed E-state index contributed by atoms with van der Waals surface area (Å²) in [5, 5.41) is 3.12. The number of carbonyl (C=O) groups is 1.